The minimum absolute atomic E-state index is 0.0378. The first-order valence-corrected chi connectivity index (χ1v) is 7.15. The molecule has 23 heavy (non-hydrogen) atoms. The number of rotatable bonds is 3. The SMILES string of the molecule is CC(=NNC(=O)c1nc2nc(C)cc(C)n2n1)c1ccccc1. The van der Waals surface area contributed by atoms with Gasteiger partial charge in [-0.2, -0.15) is 10.1 Å². The zero-order valence-electron chi connectivity index (χ0n) is 13.1. The predicted octanol–water partition coefficient (Wildman–Crippen LogP) is 1.90. The van der Waals surface area contributed by atoms with E-state index in [0.717, 1.165) is 17.0 Å². The highest BCUT2D eigenvalue weighted by molar-refractivity contribution is 6.00. The quantitative estimate of drug-likeness (QED) is 0.591. The zero-order chi connectivity index (χ0) is 16.4. The van der Waals surface area contributed by atoms with Gasteiger partial charge < -0.3 is 0 Å². The number of carbonyl (C=O) groups is 1. The van der Waals surface area contributed by atoms with Gasteiger partial charge >= 0.3 is 5.91 Å². The Morgan fingerprint density at radius 3 is 2.65 bits per heavy atom. The predicted molar refractivity (Wildman–Crippen MR) is 86.4 cm³/mol. The van der Waals surface area contributed by atoms with Gasteiger partial charge in [0.05, 0.1) is 5.71 Å². The van der Waals surface area contributed by atoms with Gasteiger partial charge in [0.25, 0.3) is 5.78 Å². The first-order valence-electron chi connectivity index (χ1n) is 7.15. The minimum Gasteiger partial charge on any atom is -0.264 e. The second-order valence-corrected chi connectivity index (χ2v) is 5.19. The summed E-state index contributed by atoms with van der Waals surface area (Å²) in [5, 5.41) is 8.25. The van der Waals surface area contributed by atoms with Gasteiger partial charge in [0.2, 0.25) is 5.82 Å². The Morgan fingerprint density at radius 1 is 1.17 bits per heavy atom. The molecule has 2 aromatic heterocycles. The van der Waals surface area contributed by atoms with E-state index in [9.17, 15) is 4.79 Å². The molecule has 0 bridgehead atoms. The number of hydrogen-bond donors (Lipinski definition) is 1. The van der Waals surface area contributed by atoms with Crippen molar-refractivity contribution in [2.45, 2.75) is 20.8 Å². The third kappa shape index (κ3) is 3.08. The van der Waals surface area contributed by atoms with Crippen LogP contribution in [0.25, 0.3) is 5.78 Å². The summed E-state index contributed by atoms with van der Waals surface area (Å²) in [7, 11) is 0. The standard InChI is InChI=1S/C16H16N6O/c1-10-9-11(2)22-16(17-10)18-14(21-22)15(23)20-19-12(3)13-7-5-4-6-8-13/h4-9H,1-3H3,(H,20,23). The molecule has 116 valence electrons. The first-order chi connectivity index (χ1) is 11.0. The van der Waals surface area contributed by atoms with E-state index < -0.39 is 5.91 Å². The van der Waals surface area contributed by atoms with Crippen LogP contribution in [-0.4, -0.2) is 31.2 Å². The lowest BCUT2D eigenvalue weighted by Crippen LogP contribution is -2.20. The van der Waals surface area contributed by atoms with Gasteiger partial charge in [-0.1, -0.05) is 30.3 Å². The summed E-state index contributed by atoms with van der Waals surface area (Å²) < 4.78 is 1.54. The maximum Gasteiger partial charge on any atom is 0.311 e. The van der Waals surface area contributed by atoms with E-state index in [1.165, 1.54) is 4.52 Å². The van der Waals surface area contributed by atoms with Crippen molar-refractivity contribution < 1.29 is 4.79 Å². The normalized spacial score (nSPS) is 11.7. The number of nitrogens with one attached hydrogen (secondary N) is 1. The van der Waals surface area contributed by atoms with Crippen molar-refractivity contribution in [3.8, 4) is 0 Å². The molecule has 0 atom stereocenters. The summed E-state index contributed by atoms with van der Waals surface area (Å²) in [5.74, 6) is -0.0324. The van der Waals surface area contributed by atoms with Gasteiger partial charge in [-0.25, -0.2) is 14.9 Å². The molecule has 0 unspecified atom stereocenters. The highest BCUT2D eigenvalue weighted by Gasteiger charge is 2.14. The maximum atomic E-state index is 12.2. The Hall–Kier alpha value is -3.09. The van der Waals surface area contributed by atoms with Crippen molar-refractivity contribution in [2.24, 2.45) is 5.10 Å². The fraction of sp³-hybridized carbons (Fsp3) is 0.188. The van der Waals surface area contributed by atoms with Crippen LogP contribution in [0.3, 0.4) is 0 Å². The zero-order valence-corrected chi connectivity index (χ0v) is 13.1. The molecule has 7 heteroatoms. The van der Waals surface area contributed by atoms with Crippen molar-refractivity contribution >= 4 is 17.4 Å². The molecule has 0 aliphatic rings. The highest BCUT2D eigenvalue weighted by atomic mass is 16.2. The van der Waals surface area contributed by atoms with Gasteiger partial charge in [-0.3, -0.25) is 4.79 Å². The maximum absolute atomic E-state index is 12.2. The number of aryl methyl sites for hydroxylation is 2. The summed E-state index contributed by atoms with van der Waals surface area (Å²) in [6, 6.07) is 11.5. The second kappa shape index (κ2) is 5.96. The first kappa shape index (κ1) is 14.8. The molecule has 3 aromatic rings. The molecule has 0 aliphatic heterocycles. The van der Waals surface area contributed by atoms with Crippen LogP contribution in [0, 0.1) is 13.8 Å². The fourth-order valence-electron chi connectivity index (χ4n) is 2.19. The van der Waals surface area contributed by atoms with Crippen LogP contribution in [-0.2, 0) is 0 Å². The van der Waals surface area contributed by atoms with Crippen molar-refractivity contribution in [1.29, 1.82) is 0 Å². The van der Waals surface area contributed by atoms with E-state index in [1.54, 1.807) is 0 Å². The molecule has 7 nitrogen and oxygen atoms in total. The van der Waals surface area contributed by atoms with E-state index in [1.807, 2.05) is 57.2 Å². The Labute approximate surface area is 133 Å². The lowest BCUT2D eigenvalue weighted by molar-refractivity contribution is 0.0944. The van der Waals surface area contributed by atoms with E-state index in [2.05, 4.69) is 25.6 Å². The molecule has 1 aromatic carbocycles. The molecular weight excluding hydrogens is 292 g/mol. The van der Waals surface area contributed by atoms with Crippen LogP contribution in [0.2, 0.25) is 0 Å². The Kier molecular flexibility index (Phi) is 3.84. The molecule has 0 radical (unpaired) electrons. The highest BCUT2D eigenvalue weighted by Crippen LogP contribution is 2.05. The molecular formula is C16H16N6O. The average Bonchev–Trinajstić information content (AvgIpc) is 2.97. The third-order valence-corrected chi connectivity index (χ3v) is 3.34. The summed E-state index contributed by atoms with van der Waals surface area (Å²) in [6.45, 7) is 5.58. The molecule has 0 saturated heterocycles. The topological polar surface area (TPSA) is 84.5 Å². The largest absolute Gasteiger partial charge is 0.311 e. The number of aromatic nitrogens is 4. The second-order valence-electron chi connectivity index (χ2n) is 5.19. The van der Waals surface area contributed by atoms with Gasteiger partial charge in [-0.05, 0) is 32.4 Å². The van der Waals surface area contributed by atoms with Gasteiger partial charge in [-0.15, -0.1) is 5.10 Å². The Balaban J connectivity index is 1.82. The van der Waals surface area contributed by atoms with E-state index >= 15 is 0 Å². The van der Waals surface area contributed by atoms with Gasteiger partial charge in [0, 0.05) is 11.4 Å². The number of carbonyl (C=O) groups excluding carboxylic acids is 1. The molecule has 0 aliphatic carbocycles. The van der Waals surface area contributed by atoms with Crippen LogP contribution in [0.4, 0.5) is 0 Å². The third-order valence-electron chi connectivity index (χ3n) is 3.34. The summed E-state index contributed by atoms with van der Waals surface area (Å²) in [6.07, 6.45) is 0. The molecule has 0 spiro atoms. The van der Waals surface area contributed by atoms with Crippen LogP contribution in [0.5, 0.6) is 0 Å². The number of hydrogen-bond acceptors (Lipinski definition) is 5. The summed E-state index contributed by atoms with van der Waals surface area (Å²) >= 11 is 0. The van der Waals surface area contributed by atoms with Crippen molar-refractivity contribution in [2.75, 3.05) is 0 Å². The molecule has 1 N–H and O–H groups in total. The van der Waals surface area contributed by atoms with Crippen LogP contribution >= 0.6 is 0 Å². The van der Waals surface area contributed by atoms with E-state index in [0.29, 0.717) is 11.5 Å². The smallest absolute Gasteiger partial charge is 0.264 e. The lowest BCUT2D eigenvalue weighted by atomic mass is 10.1. The molecule has 3 rings (SSSR count). The van der Waals surface area contributed by atoms with E-state index in [-0.39, 0.29) is 5.82 Å². The van der Waals surface area contributed by atoms with Crippen molar-refractivity contribution in [1.82, 2.24) is 25.0 Å². The van der Waals surface area contributed by atoms with Crippen LogP contribution in [0.15, 0.2) is 41.5 Å². The number of amides is 1. The molecule has 1 amide bonds. The molecule has 0 fully saturated rings. The minimum atomic E-state index is -0.470. The van der Waals surface area contributed by atoms with Gasteiger partial charge in [0.1, 0.15) is 0 Å². The average molecular weight is 308 g/mol. The van der Waals surface area contributed by atoms with Gasteiger partial charge in [0.15, 0.2) is 0 Å². The number of benzene rings is 1. The molecule has 2 heterocycles. The Morgan fingerprint density at radius 2 is 1.91 bits per heavy atom. The van der Waals surface area contributed by atoms with E-state index in [4.69, 9.17) is 0 Å². The molecule has 0 saturated carbocycles. The number of fused-ring (bicyclic) bond motifs is 1. The number of nitrogens with zero attached hydrogens (tertiary/aromatic N) is 5. The summed E-state index contributed by atoms with van der Waals surface area (Å²) in [5.41, 5.74) is 5.80. The summed E-state index contributed by atoms with van der Waals surface area (Å²) in [4.78, 5) is 20.6. The monoisotopic (exact) mass is 308 g/mol. The van der Waals surface area contributed by atoms with Crippen molar-refractivity contribution in [3.63, 3.8) is 0 Å². The van der Waals surface area contributed by atoms with Crippen LogP contribution < -0.4 is 5.43 Å². The van der Waals surface area contributed by atoms with Crippen molar-refractivity contribution in [3.05, 3.63) is 59.2 Å². The number of hydrazone groups is 1. The fourth-order valence-corrected chi connectivity index (χ4v) is 2.19. The Bertz CT molecular complexity index is 898. The lowest BCUT2D eigenvalue weighted by Gasteiger charge is -2.00. The van der Waals surface area contributed by atoms with Crippen LogP contribution in [0.1, 0.15) is 34.5 Å².